The summed E-state index contributed by atoms with van der Waals surface area (Å²) in [6.45, 7) is 3.56. The van der Waals surface area contributed by atoms with Crippen LogP contribution in [0, 0.1) is 18.3 Å². The topological polar surface area (TPSA) is 63.2 Å². The Kier molecular flexibility index (Phi) is 4.05. The first kappa shape index (κ1) is 15.4. The third kappa shape index (κ3) is 2.66. The number of carbonyl (C=O) groups is 1. The highest BCUT2D eigenvalue weighted by atomic mass is 32.1. The minimum atomic E-state index is -0.0279. The molecule has 1 saturated heterocycles. The summed E-state index contributed by atoms with van der Waals surface area (Å²) in [5.74, 6) is 0.528. The molecule has 1 aromatic rings. The van der Waals surface area contributed by atoms with Gasteiger partial charge in [0.2, 0.25) is 0 Å². The average molecular weight is 335 g/mol. The highest BCUT2D eigenvalue weighted by molar-refractivity contribution is 7.11. The van der Waals surface area contributed by atoms with E-state index in [1.54, 1.807) is 11.3 Å². The van der Waals surface area contributed by atoms with Gasteiger partial charge in [-0.3, -0.25) is 0 Å². The minimum absolute atomic E-state index is 0.0279. The van der Waals surface area contributed by atoms with Crippen LogP contribution in [-0.2, 0) is 11.2 Å². The van der Waals surface area contributed by atoms with Crippen LogP contribution in [0.15, 0.2) is 6.20 Å². The predicted molar refractivity (Wildman–Crippen MR) is 89.6 cm³/mol. The van der Waals surface area contributed by atoms with Crippen molar-refractivity contribution in [2.45, 2.75) is 57.6 Å². The number of rotatable bonds is 4. The van der Waals surface area contributed by atoms with E-state index in [0.29, 0.717) is 24.6 Å². The molecule has 3 atom stereocenters. The van der Waals surface area contributed by atoms with E-state index in [9.17, 15) is 4.79 Å². The number of amides is 2. The van der Waals surface area contributed by atoms with E-state index < -0.39 is 0 Å². The zero-order valence-corrected chi connectivity index (χ0v) is 14.5. The largest absolute Gasteiger partial charge is 0.377 e. The average Bonchev–Trinajstić information content (AvgIpc) is 3.24. The number of aryl methyl sites for hydroxylation is 1. The standard InChI is InChI=1S/C17H25N3O2S/c1-11-10-19-13(23-11)4-8-18-16(21)20-14-12-5-9-22-15(12)17(14)6-2-3-7-17/h10,12,14-15H,2-9H2,1H3,(H2,18,20,21)/t12-,14-,15+/m1/s1. The lowest BCUT2D eigenvalue weighted by Gasteiger charge is -2.56. The Bertz CT molecular complexity index is 582. The molecule has 0 bridgehead atoms. The fourth-order valence-corrected chi connectivity index (χ4v) is 5.68. The van der Waals surface area contributed by atoms with Crippen LogP contribution in [0.4, 0.5) is 4.79 Å². The molecule has 6 heteroatoms. The van der Waals surface area contributed by atoms with E-state index >= 15 is 0 Å². The summed E-state index contributed by atoms with van der Waals surface area (Å²) in [5.41, 5.74) is 0.227. The molecule has 0 radical (unpaired) electrons. The predicted octanol–water partition coefficient (Wildman–Crippen LogP) is 2.64. The van der Waals surface area contributed by atoms with E-state index in [-0.39, 0.29) is 11.4 Å². The molecule has 2 N–H and O–H groups in total. The zero-order valence-electron chi connectivity index (χ0n) is 13.6. The van der Waals surface area contributed by atoms with Crippen LogP contribution in [0.1, 0.15) is 42.0 Å². The lowest BCUT2D eigenvalue weighted by molar-refractivity contribution is -0.126. The van der Waals surface area contributed by atoms with Crippen molar-refractivity contribution in [3.05, 3.63) is 16.1 Å². The van der Waals surface area contributed by atoms with Crippen molar-refractivity contribution < 1.29 is 9.53 Å². The molecule has 1 aromatic heterocycles. The van der Waals surface area contributed by atoms with Gasteiger partial charge in [-0.25, -0.2) is 9.78 Å². The first-order valence-electron chi connectivity index (χ1n) is 8.76. The Balaban J connectivity index is 1.29. The Morgan fingerprint density at radius 2 is 2.30 bits per heavy atom. The molecule has 2 saturated carbocycles. The molecule has 5 nitrogen and oxygen atoms in total. The summed E-state index contributed by atoms with van der Waals surface area (Å²) in [6.07, 6.45) is 9.14. The van der Waals surface area contributed by atoms with Gasteiger partial charge in [-0.05, 0) is 26.2 Å². The van der Waals surface area contributed by atoms with Gasteiger partial charge in [0.05, 0.1) is 11.1 Å². The van der Waals surface area contributed by atoms with Crippen molar-refractivity contribution in [1.82, 2.24) is 15.6 Å². The number of ether oxygens (including phenoxy) is 1. The Morgan fingerprint density at radius 3 is 3.04 bits per heavy atom. The maximum absolute atomic E-state index is 12.3. The number of nitrogens with one attached hydrogen (secondary N) is 2. The number of hydrogen-bond donors (Lipinski definition) is 2. The summed E-state index contributed by atoms with van der Waals surface area (Å²) >= 11 is 1.70. The number of hydrogen-bond acceptors (Lipinski definition) is 4. The molecule has 126 valence electrons. The van der Waals surface area contributed by atoms with Gasteiger partial charge in [0.1, 0.15) is 0 Å². The molecule has 4 rings (SSSR count). The molecule has 0 unspecified atom stereocenters. The summed E-state index contributed by atoms with van der Waals surface area (Å²) in [5, 5.41) is 7.35. The van der Waals surface area contributed by atoms with Crippen molar-refractivity contribution in [2.75, 3.05) is 13.2 Å². The Labute approximate surface area is 141 Å². The summed E-state index contributed by atoms with van der Waals surface area (Å²) in [6, 6.07) is 0.277. The summed E-state index contributed by atoms with van der Waals surface area (Å²) < 4.78 is 5.96. The van der Waals surface area contributed by atoms with Crippen molar-refractivity contribution >= 4 is 17.4 Å². The highest BCUT2D eigenvalue weighted by Gasteiger charge is 2.65. The van der Waals surface area contributed by atoms with E-state index in [1.807, 2.05) is 6.20 Å². The quantitative estimate of drug-likeness (QED) is 0.889. The van der Waals surface area contributed by atoms with Crippen LogP contribution >= 0.6 is 11.3 Å². The zero-order chi connectivity index (χ0) is 15.9. The molecular weight excluding hydrogens is 310 g/mol. The van der Waals surface area contributed by atoms with Crippen LogP contribution in [0.3, 0.4) is 0 Å². The Morgan fingerprint density at radius 1 is 1.48 bits per heavy atom. The molecule has 2 heterocycles. The molecule has 0 aromatic carbocycles. The normalized spacial score (nSPS) is 30.9. The second-order valence-electron chi connectivity index (χ2n) is 7.18. The monoisotopic (exact) mass is 335 g/mol. The summed E-state index contributed by atoms with van der Waals surface area (Å²) in [7, 11) is 0. The van der Waals surface area contributed by atoms with Crippen molar-refractivity contribution in [3.8, 4) is 0 Å². The van der Waals surface area contributed by atoms with Crippen molar-refractivity contribution in [1.29, 1.82) is 0 Å². The lowest BCUT2D eigenvalue weighted by Crippen LogP contribution is -2.69. The number of carbonyl (C=O) groups excluding carboxylic acids is 1. The van der Waals surface area contributed by atoms with Crippen LogP contribution in [0.2, 0.25) is 0 Å². The van der Waals surface area contributed by atoms with Gasteiger partial charge >= 0.3 is 6.03 Å². The van der Waals surface area contributed by atoms with Crippen LogP contribution < -0.4 is 10.6 Å². The van der Waals surface area contributed by atoms with E-state index in [4.69, 9.17) is 4.74 Å². The van der Waals surface area contributed by atoms with E-state index in [1.165, 1.54) is 30.6 Å². The molecular formula is C17H25N3O2S. The minimum Gasteiger partial charge on any atom is -0.377 e. The van der Waals surface area contributed by atoms with Crippen LogP contribution in [-0.4, -0.2) is 36.3 Å². The molecule has 2 aliphatic carbocycles. The van der Waals surface area contributed by atoms with Gasteiger partial charge < -0.3 is 15.4 Å². The molecule has 2 amide bonds. The highest BCUT2D eigenvalue weighted by Crippen LogP contribution is 2.60. The number of urea groups is 1. The molecule has 3 aliphatic rings. The molecule has 3 fully saturated rings. The SMILES string of the molecule is Cc1cnc(CCNC(=O)N[C@@H]2[C@H]3CCO[C@@H]3C23CCCC3)s1. The molecule has 23 heavy (non-hydrogen) atoms. The third-order valence-corrected chi connectivity index (χ3v) is 6.84. The second-order valence-corrected chi connectivity index (χ2v) is 8.50. The fraction of sp³-hybridized carbons (Fsp3) is 0.765. The number of aromatic nitrogens is 1. The molecule has 1 spiro atoms. The number of thiazole rings is 1. The third-order valence-electron chi connectivity index (χ3n) is 5.87. The maximum atomic E-state index is 12.3. The van der Waals surface area contributed by atoms with Gasteiger partial charge in [-0.1, -0.05) is 12.8 Å². The van der Waals surface area contributed by atoms with Crippen molar-refractivity contribution in [3.63, 3.8) is 0 Å². The van der Waals surface area contributed by atoms with Crippen molar-refractivity contribution in [2.24, 2.45) is 11.3 Å². The van der Waals surface area contributed by atoms with E-state index in [2.05, 4.69) is 22.5 Å². The summed E-state index contributed by atoms with van der Waals surface area (Å²) in [4.78, 5) is 17.8. The van der Waals surface area contributed by atoms with Crippen LogP contribution in [0.5, 0.6) is 0 Å². The Hall–Kier alpha value is -1.14. The van der Waals surface area contributed by atoms with Gasteiger partial charge in [-0.2, -0.15) is 0 Å². The lowest BCUT2D eigenvalue weighted by atomic mass is 9.54. The first-order chi connectivity index (χ1) is 11.2. The number of nitrogens with zero attached hydrogens (tertiary/aromatic N) is 1. The maximum Gasteiger partial charge on any atom is 0.315 e. The first-order valence-corrected chi connectivity index (χ1v) is 9.58. The molecule has 1 aliphatic heterocycles. The van der Waals surface area contributed by atoms with Gasteiger partial charge in [-0.15, -0.1) is 11.3 Å². The fourth-order valence-electron chi connectivity index (χ4n) is 4.90. The van der Waals surface area contributed by atoms with E-state index in [0.717, 1.165) is 24.5 Å². The number of fused-ring (bicyclic) bond motifs is 2. The van der Waals surface area contributed by atoms with Gasteiger partial charge in [0, 0.05) is 48.0 Å². The second kappa shape index (κ2) is 6.06. The van der Waals surface area contributed by atoms with Crippen LogP contribution in [0.25, 0.3) is 0 Å². The van der Waals surface area contributed by atoms with Gasteiger partial charge in [0.15, 0.2) is 0 Å². The smallest absolute Gasteiger partial charge is 0.315 e. The van der Waals surface area contributed by atoms with Gasteiger partial charge in [0.25, 0.3) is 0 Å².